The molecule has 0 bridgehead atoms. The topological polar surface area (TPSA) is 57.4 Å². The summed E-state index contributed by atoms with van der Waals surface area (Å²) in [6.07, 6.45) is 1.66. The van der Waals surface area contributed by atoms with Crippen LogP contribution in [0.4, 0.5) is 0 Å². The van der Waals surface area contributed by atoms with Gasteiger partial charge in [0.15, 0.2) is 5.76 Å². The SMILES string of the molecule is COC1(c2nc(-c3cc(Br)no3)cs2)CCOCC1. The van der Waals surface area contributed by atoms with Crippen molar-refractivity contribution in [2.75, 3.05) is 20.3 Å². The average molecular weight is 345 g/mol. The first-order chi connectivity index (χ1) is 9.23. The van der Waals surface area contributed by atoms with Crippen LogP contribution in [-0.2, 0) is 15.1 Å². The van der Waals surface area contributed by atoms with E-state index in [0.29, 0.717) is 23.6 Å². The molecule has 1 fully saturated rings. The van der Waals surface area contributed by atoms with E-state index in [0.717, 1.165) is 23.5 Å². The number of hydrogen-bond acceptors (Lipinski definition) is 6. The molecule has 0 radical (unpaired) electrons. The number of nitrogens with zero attached hydrogens (tertiary/aromatic N) is 2. The largest absolute Gasteiger partial charge is 0.381 e. The van der Waals surface area contributed by atoms with E-state index in [2.05, 4.69) is 26.1 Å². The Balaban J connectivity index is 1.91. The van der Waals surface area contributed by atoms with Gasteiger partial charge in [0, 0.05) is 44.6 Å². The number of thiazole rings is 1. The highest BCUT2D eigenvalue weighted by Crippen LogP contribution is 2.38. The molecule has 3 heterocycles. The van der Waals surface area contributed by atoms with Gasteiger partial charge >= 0.3 is 0 Å². The second-order valence-corrected chi connectivity index (χ2v) is 6.03. The van der Waals surface area contributed by atoms with Crippen LogP contribution in [0.3, 0.4) is 0 Å². The van der Waals surface area contributed by atoms with Crippen molar-refractivity contribution in [3.05, 3.63) is 21.1 Å². The predicted octanol–water partition coefficient (Wildman–Crippen LogP) is 3.21. The summed E-state index contributed by atoms with van der Waals surface area (Å²) in [6.45, 7) is 1.41. The number of aromatic nitrogens is 2. The van der Waals surface area contributed by atoms with Crippen molar-refractivity contribution in [3.8, 4) is 11.5 Å². The molecule has 0 amide bonds. The summed E-state index contributed by atoms with van der Waals surface area (Å²) >= 11 is 4.86. The van der Waals surface area contributed by atoms with Crippen LogP contribution in [-0.4, -0.2) is 30.5 Å². The first-order valence-electron chi connectivity index (χ1n) is 5.95. The predicted molar refractivity (Wildman–Crippen MR) is 74.1 cm³/mol. The number of halogens is 1. The van der Waals surface area contributed by atoms with E-state index in [1.807, 2.05) is 11.4 Å². The van der Waals surface area contributed by atoms with Gasteiger partial charge in [-0.2, -0.15) is 0 Å². The summed E-state index contributed by atoms with van der Waals surface area (Å²) < 4.78 is 17.0. The molecule has 1 aliphatic heterocycles. The summed E-state index contributed by atoms with van der Waals surface area (Å²) in [7, 11) is 1.73. The fourth-order valence-electron chi connectivity index (χ4n) is 2.18. The third-order valence-electron chi connectivity index (χ3n) is 3.32. The molecule has 0 unspecified atom stereocenters. The van der Waals surface area contributed by atoms with Gasteiger partial charge in [0.2, 0.25) is 0 Å². The highest BCUT2D eigenvalue weighted by Gasteiger charge is 2.37. The zero-order valence-electron chi connectivity index (χ0n) is 10.4. The molecule has 2 aromatic rings. The van der Waals surface area contributed by atoms with Crippen molar-refractivity contribution < 1.29 is 14.0 Å². The van der Waals surface area contributed by atoms with E-state index in [1.54, 1.807) is 18.4 Å². The normalized spacial score (nSPS) is 18.6. The van der Waals surface area contributed by atoms with Gasteiger partial charge in [0.25, 0.3) is 0 Å². The standard InChI is InChI=1S/C12H13BrN2O3S/c1-16-12(2-4-17-5-3-12)11-14-8(7-19-11)9-6-10(13)15-18-9/h6-7H,2-5H2,1H3. The zero-order chi connectivity index (χ0) is 13.3. The fourth-order valence-corrected chi connectivity index (χ4v) is 3.50. The van der Waals surface area contributed by atoms with Crippen LogP contribution < -0.4 is 0 Å². The van der Waals surface area contributed by atoms with Gasteiger partial charge in [0.1, 0.15) is 20.9 Å². The van der Waals surface area contributed by atoms with Crippen LogP contribution in [0.2, 0.25) is 0 Å². The summed E-state index contributed by atoms with van der Waals surface area (Å²) in [6, 6.07) is 1.81. The zero-order valence-corrected chi connectivity index (χ0v) is 12.8. The van der Waals surface area contributed by atoms with E-state index in [1.165, 1.54) is 0 Å². The molecule has 0 spiro atoms. The Morgan fingerprint density at radius 1 is 1.42 bits per heavy atom. The summed E-state index contributed by atoms with van der Waals surface area (Å²) in [5.74, 6) is 0.660. The van der Waals surface area contributed by atoms with E-state index < -0.39 is 0 Å². The van der Waals surface area contributed by atoms with Crippen LogP contribution in [0.1, 0.15) is 17.8 Å². The molecule has 19 heavy (non-hydrogen) atoms. The monoisotopic (exact) mass is 344 g/mol. The molecule has 5 nitrogen and oxygen atoms in total. The molecule has 2 aromatic heterocycles. The van der Waals surface area contributed by atoms with Gasteiger partial charge in [-0.25, -0.2) is 4.98 Å². The maximum atomic E-state index is 5.73. The van der Waals surface area contributed by atoms with Crippen molar-refractivity contribution in [1.82, 2.24) is 10.1 Å². The summed E-state index contributed by atoms with van der Waals surface area (Å²) in [5.41, 5.74) is 0.472. The van der Waals surface area contributed by atoms with Crippen LogP contribution in [0.25, 0.3) is 11.5 Å². The van der Waals surface area contributed by atoms with Crippen molar-refractivity contribution in [2.24, 2.45) is 0 Å². The molecule has 3 rings (SSSR count). The van der Waals surface area contributed by atoms with Crippen molar-refractivity contribution in [3.63, 3.8) is 0 Å². The quantitative estimate of drug-likeness (QED) is 0.855. The number of ether oxygens (including phenoxy) is 2. The fraction of sp³-hybridized carbons (Fsp3) is 0.500. The van der Waals surface area contributed by atoms with Crippen LogP contribution >= 0.6 is 27.3 Å². The van der Waals surface area contributed by atoms with E-state index in [9.17, 15) is 0 Å². The third kappa shape index (κ3) is 2.47. The Morgan fingerprint density at radius 2 is 2.21 bits per heavy atom. The van der Waals surface area contributed by atoms with Crippen LogP contribution in [0.15, 0.2) is 20.6 Å². The molecule has 0 aromatic carbocycles. The highest BCUT2D eigenvalue weighted by molar-refractivity contribution is 9.10. The Hall–Kier alpha value is -0.760. The van der Waals surface area contributed by atoms with Gasteiger partial charge in [-0.05, 0) is 15.9 Å². The minimum atomic E-state index is -0.321. The van der Waals surface area contributed by atoms with Gasteiger partial charge in [-0.3, -0.25) is 0 Å². The Kier molecular flexibility index (Phi) is 3.70. The molecule has 7 heteroatoms. The summed E-state index contributed by atoms with van der Waals surface area (Å²) in [5, 5.41) is 6.75. The smallest absolute Gasteiger partial charge is 0.187 e. The lowest BCUT2D eigenvalue weighted by atomic mass is 9.95. The van der Waals surface area contributed by atoms with Crippen LogP contribution in [0, 0.1) is 0 Å². The van der Waals surface area contributed by atoms with Gasteiger partial charge < -0.3 is 14.0 Å². The molecule has 1 aliphatic rings. The average Bonchev–Trinajstić information content (AvgIpc) is 3.08. The first-order valence-corrected chi connectivity index (χ1v) is 7.62. The Bertz CT molecular complexity index is 563. The summed E-state index contributed by atoms with van der Waals surface area (Å²) in [4.78, 5) is 4.64. The number of methoxy groups -OCH3 is 1. The Labute approximate surface area is 123 Å². The van der Waals surface area contributed by atoms with Crippen LogP contribution in [0.5, 0.6) is 0 Å². The molecular weight excluding hydrogens is 332 g/mol. The molecule has 1 saturated heterocycles. The Morgan fingerprint density at radius 3 is 2.84 bits per heavy atom. The number of hydrogen-bond donors (Lipinski definition) is 0. The molecular formula is C12H13BrN2O3S. The third-order valence-corrected chi connectivity index (χ3v) is 4.72. The van der Waals surface area contributed by atoms with Crippen molar-refractivity contribution in [2.45, 2.75) is 18.4 Å². The second-order valence-electron chi connectivity index (χ2n) is 4.36. The minimum Gasteiger partial charge on any atom is -0.381 e. The molecule has 0 saturated carbocycles. The lowest BCUT2D eigenvalue weighted by molar-refractivity contribution is -0.0947. The number of rotatable bonds is 3. The van der Waals surface area contributed by atoms with Crippen molar-refractivity contribution in [1.29, 1.82) is 0 Å². The van der Waals surface area contributed by atoms with E-state index in [-0.39, 0.29) is 5.60 Å². The van der Waals surface area contributed by atoms with E-state index in [4.69, 9.17) is 14.0 Å². The van der Waals surface area contributed by atoms with Crippen molar-refractivity contribution >= 4 is 27.3 Å². The maximum absolute atomic E-state index is 5.73. The van der Waals surface area contributed by atoms with E-state index >= 15 is 0 Å². The molecule has 102 valence electrons. The minimum absolute atomic E-state index is 0.321. The first kappa shape index (κ1) is 13.2. The molecule has 0 N–H and O–H groups in total. The van der Waals surface area contributed by atoms with Gasteiger partial charge in [-0.1, -0.05) is 5.16 Å². The maximum Gasteiger partial charge on any atom is 0.187 e. The lowest BCUT2D eigenvalue weighted by Crippen LogP contribution is -2.35. The molecule has 0 aliphatic carbocycles. The lowest BCUT2D eigenvalue weighted by Gasteiger charge is -2.33. The molecule has 0 atom stereocenters. The second kappa shape index (κ2) is 5.32. The highest BCUT2D eigenvalue weighted by atomic mass is 79.9. The van der Waals surface area contributed by atoms with Gasteiger partial charge in [0.05, 0.1) is 0 Å². The van der Waals surface area contributed by atoms with Gasteiger partial charge in [-0.15, -0.1) is 11.3 Å².